The summed E-state index contributed by atoms with van der Waals surface area (Å²) in [5.74, 6) is -1.52. The Morgan fingerprint density at radius 3 is 2.57 bits per heavy atom. The fourth-order valence-corrected chi connectivity index (χ4v) is 3.65. The lowest BCUT2D eigenvalue weighted by atomic mass is 9.84. The average Bonchev–Trinajstić information content (AvgIpc) is 3.12. The van der Waals surface area contributed by atoms with Crippen LogP contribution in [0.3, 0.4) is 0 Å². The van der Waals surface area contributed by atoms with Gasteiger partial charge in [-0.3, -0.25) is 9.59 Å². The van der Waals surface area contributed by atoms with Gasteiger partial charge in [-0.2, -0.15) is 0 Å². The molecule has 1 heterocycles. The molecule has 112 valence electrons. The number of rotatable bonds is 3. The van der Waals surface area contributed by atoms with Gasteiger partial charge in [-0.25, -0.2) is 0 Å². The van der Waals surface area contributed by atoms with Crippen LogP contribution in [0.15, 0.2) is 24.3 Å². The first-order valence-electron chi connectivity index (χ1n) is 7.43. The number of carbonyl (C=O) groups excluding carboxylic acids is 1. The third kappa shape index (κ3) is 2.12. The van der Waals surface area contributed by atoms with Gasteiger partial charge in [0.2, 0.25) is 5.91 Å². The molecule has 1 aliphatic carbocycles. The van der Waals surface area contributed by atoms with Crippen LogP contribution < -0.4 is 10.6 Å². The van der Waals surface area contributed by atoms with E-state index >= 15 is 0 Å². The minimum Gasteiger partial charge on any atom is -0.481 e. The van der Waals surface area contributed by atoms with E-state index < -0.39 is 17.3 Å². The molecule has 1 unspecified atom stereocenters. The summed E-state index contributed by atoms with van der Waals surface area (Å²) in [5, 5.41) is 9.38. The Hall–Kier alpha value is -1.88. The summed E-state index contributed by atoms with van der Waals surface area (Å²) in [6.45, 7) is 0.553. The van der Waals surface area contributed by atoms with Crippen molar-refractivity contribution in [3.8, 4) is 0 Å². The molecule has 1 fully saturated rings. The average molecular weight is 288 g/mol. The highest BCUT2D eigenvalue weighted by atomic mass is 16.4. The third-order valence-corrected chi connectivity index (χ3v) is 4.92. The Morgan fingerprint density at radius 2 is 1.95 bits per heavy atom. The van der Waals surface area contributed by atoms with Gasteiger partial charge in [-0.05, 0) is 24.5 Å². The van der Waals surface area contributed by atoms with Crippen molar-refractivity contribution in [2.45, 2.75) is 31.6 Å². The minimum atomic E-state index is -0.883. The Bertz CT molecular complexity index is 579. The van der Waals surface area contributed by atoms with Crippen molar-refractivity contribution in [1.82, 2.24) is 0 Å². The van der Waals surface area contributed by atoms with Gasteiger partial charge in [0, 0.05) is 18.8 Å². The van der Waals surface area contributed by atoms with Crippen LogP contribution in [0.4, 0.5) is 5.69 Å². The zero-order valence-electron chi connectivity index (χ0n) is 11.9. The molecule has 0 saturated heterocycles. The predicted octanol–water partition coefficient (Wildman–Crippen LogP) is 1.72. The number of carboxylic acids is 1. The SMILES string of the molecule is NCC1(C(=O)N2CC(C(=O)O)c3ccccc32)CCCC1. The molecule has 1 amide bonds. The van der Waals surface area contributed by atoms with Crippen molar-refractivity contribution in [2.24, 2.45) is 11.1 Å². The number of nitrogens with zero attached hydrogens (tertiary/aromatic N) is 1. The molecular formula is C16H20N2O3. The normalized spacial score (nSPS) is 23.1. The van der Waals surface area contributed by atoms with Crippen molar-refractivity contribution in [1.29, 1.82) is 0 Å². The summed E-state index contributed by atoms with van der Waals surface area (Å²) in [4.78, 5) is 26.1. The molecule has 1 atom stereocenters. The van der Waals surface area contributed by atoms with Crippen molar-refractivity contribution >= 4 is 17.6 Å². The summed E-state index contributed by atoms with van der Waals surface area (Å²) >= 11 is 0. The summed E-state index contributed by atoms with van der Waals surface area (Å²) in [7, 11) is 0. The van der Waals surface area contributed by atoms with E-state index in [0.29, 0.717) is 6.54 Å². The maximum absolute atomic E-state index is 13.0. The number of carbonyl (C=O) groups is 2. The second kappa shape index (κ2) is 5.15. The second-order valence-electron chi connectivity index (χ2n) is 6.06. The summed E-state index contributed by atoms with van der Waals surface area (Å²) < 4.78 is 0. The number of hydrogen-bond acceptors (Lipinski definition) is 3. The molecule has 0 spiro atoms. The van der Waals surface area contributed by atoms with E-state index in [1.54, 1.807) is 11.0 Å². The molecule has 1 aromatic rings. The first-order valence-corrected chi connectivity index (χ1v) is 7.43. The lowest BCUT2D eigenvalue weighted by molar-refractivity contribution is -0.138. The Balaban J connectivity index is 1.97. The van der Waals surface area contributed by atoms with Crippen LogP contribution in [-0.4, -0.2) is 30.1 Å². The molecule has 5 nitrogen and oxygen atoms in total. The number of fused-ring (bicyclic) bond motifs is 1. The van der Waals surface area contributed by atoms with Crippen molar-refractivity contribution in [3.05, 3.63) is 29.8 Å². The molecule has 0 radical (unpaired) electrons. The van der Waals surface area contributed by atoms with Crippen molar-refractivity contribution < 1.29 is 14.7 Å². The minimum absolute atomic E-state index is 0.00120. The largest absolute Gasteiger partial charge is 0.481 e. The van der Waals surface area contributed by atoms with Crippen molar-refractivity contribution in [2.75, 3.05) is 18.0 Å². The molecule has 3 N–H and O–H groups in total. The van der Waals surface area contributed by atoms with Crippen LogP contribution in [0.2, 0.25) is 0 Å². The monoisotopic (exact) mass is 288 g/mol. The molecule has 0 bridgehead atoms. The highest BCUT2D eigenvalue weighted by molar-refractivity contribution is 6.02. The number of benzene rings is 1. The fraction of sp³-hybridized carbons (Fsp3) is 0.500. The van der Waals surface area contributed by atoms with E-state index in [1.165, 1.54) is 0 Å². The van der Waals surface area contributed by atoms with Crippen molar-refractivity contribution in [3.63, 3.8) is 0 Å². The van der Waals surface area contributed by atoms with Gasteiger partial charge in [-0.1, -0.05) is 31.0 Å². The van der Waals surface area contributed by atoms with Gasteiger partial charge in [0.25, 0.3) is 0 Å². The number of carboxylic acid groups (broad SMARTS) is 1. The topological polar surface area (TPSA) is 83.6 Å². The molecule has 2 aliphatic rings. The van der Waals surface area contributed by atoms with Gasteiger partial charge in [0.15, 0.2) is 0 Å². The van der Waals surface area contributed by atoms with E-state index in [2.05, 4.69) is 0 Å². The fourth-order valence-electron chi connectivity index (χ4n) is 3.65. The van der Waals surface area contributed by atoms with Crippen LogP contribution in [0.1, 0.15) is 37.2 Å². The standard InChI is InChI=1S/C16H20N2O3/c17-10-16(7-3-4-8-16)15(21)18-9-12(14(19)20)11-5-1-2-6-13(11)18/h1-2,5-6,12H,3-4,7-10,17H2,(H,19,20). The molecule has 5 heteroatoms. The van der Waals surface area contributed by atoms with E-state index in [0.717, 1.165) is 36.9 Å². The summed E-state index contributed by atoms with van der Waals surface area (Å²) in [6.07, 6.45) is 3.64. The molecule has 1 saturated carbocycles. The van der Waals surface area contributed by atoms with E-state index in [1.807, 2.05) is 18.2 Å². The zero-order chi connectivity index (χ0) is 15.0. The highest BCUT2D eigenvalue weighted by Crippen LogP contribution is 2.43. The Labute approximate surface area is 123 Å². The summed E-state index contributed by atoms with van der Waals surface area (Å²) in [5.41, 5.74) is 6.85. The maximum Gasteiger partial charge on any atom is 0.312 e. The van der Waals surface area contributed by atoms with Gasteiger partial charge in [0.05, 0.1) is 5.41 Å². The quantitative estimate of drug-likeness (QED) is 0.887. The number of hydrogen-bond donors (Lipinski definition) is 2. The molecule has 1 aliphatic heterocycles. The smallest absolute Gasteiger partial charge is 0.312 e. The maximum atomic E-state index is 13.0. The number of nitrogens with two attached hydrogens (primary N) is 1. The molecule has 0 aromatic heterocycles. The highest BCUT2D eigenvalue weighted by Gasteiger charge is 2.46. The Morgan fingerprint density at radius 1 is 1.29 bits per heavy atom. The first kappa shape index (κ1) is 14.1. The van der Waals surface area contributed by atoms with Crippen LogP contribution in [0.5, 0.6) is 0 Å². The second-order valence-corrected chi connectivity index (χ2v) is 6.06. The van der Waals surface area contributed by atoms with E-state index in [-0.39, 0.29) is 12.5 Å². The van der Waals surface area contributed by atoms with E-state index in [9.17, 15) is 14.7 Å². The van der Waals surface area contributed by atoms with Crippen LogP contribution in [0.25, 0.3) is 0 Å². The van der Waals surface area contributed by atoms with Gasteiger partial charge in [-0.15, -0.1) is 0 Å². The number of anilines is 1. The molecule has 3 rings (SSSR count). The van der Waals surface area contributed by atoms with Crippen LogP contribution >= 0.6 is 0 Å². The predicted molar refractivity (Wildman–Crippen MR) is 79.1 cm³/mol. The lowest BCUT2D eigenvalue weighted by Crippen LogP contribution is -2.46. The molecule has 21 heavy (non-hydrogen) atoms. The van der Waals surface area contributed by atoms with Crippen LogP contribution in [0, 0.1) is 5.41 Å². The molecular weight excluding hydrogens is 268 g/mol. The van der Waals surface area contributed by atoms with Gasteiger partial charge >= 0.3 is 5.97 Å². The third-order valence-electron chi connectivity index (χ3n) is 4.92. The number of aliphatic carboxylic acids is 1. The first-order chi connectivity index (χ1) is 10.1. The van der Waals surface area contributed by atoms with E-state index in [4.69, 9.17) is 5.73 Å². The summed E-state index contributed by atoms with van der Waals surface area (Å²) in [6, 6.07) is 7.28. The van der Waals surface area contributed by atoms with Gasteiger partial charge in [0.1, 0.15) is 5.92 Å². The zero-order valence-corrected chi connectivity index (χ0v) is 11.9. The van der Waals surface area contributed by atoms with Crippen LogP contribution in [-0.2, 0) is 9.59 Å². The number of amides is 1. The van der Waals surface area contributed by atoms with Gasteiger partial charge < -0.3 is 15.7 Å². The lowest BCUT2D eigenvalue weighted by Gasteiger charge is -2.31. The number of para-hydroxylation sites is 1. The molecule has 1 aromatic carbocycles. The Kier molecular flexibility index (Phi) is 3.45.